The molecule has 3 rings (SSSR count). The van der Waals surface area contributed by atoms with Gasteiger partial charge in [0.15, 0.2) is 0 Å². The molecule has 2 saturated heterocycles. The lowest BCUT2D eigenvalue weighted by molar-refractivity contribution is -0.133. The van der Waals surface area contributed by atoms with E-state index >= 15 is 0 Å². The van der Waals surface area contributed by atoms with Gasteiger partial charge in [-0.3, -0.25) is 4.79 Å². The zero-order valence-corrected chi connectivity index (χ0v) is 12.7. The van der Waals surface area contributed by atoms with Gasteiger partial charge in [0.1, 0.15) is 0 Å². The van der Waals surface area contributed by atoms with E-state index in [1.54, 1.807) is 0 Å². The van der Waals surface area contributed by atoms with Gasteiger partial charge >= 0.3 is 0 Å². The molecule has 0 spiro atoms. The molecular formula is C18H25NO2. The smallest absolute Gasteiger partial charge is 0.222 e. The number of hydrogen-bond donors (Lipinski definition) is 0. The van der Waals surface area contributed by atoms with Gasteiger partial charge in [0.2, 0.25) is 5.91 Å². The molecule has 0 bridgehead atoms. The summed E-state index contributed by atoms with van der Waals surface area (Å²) in [5, 5.41) is 0. The Morgan fingerprint density at radius 3 is 2.52 bits per heavy atom. The van der Waals surface area contributed by atoms with Crippen LogP contribution in [0, 0.1) is 11.8 Å². The van der Waals surface area contributed by atoms with Gasteiger partial charge in [-0.25, -0.2) is 0 Å². The molecule has 2 aliphatic rings. The zero-order chi connectivity index (χ0) is 14.5. The Morgan fingerprint density at radius 1 is 1.10 bits per heavy atom. The maximum atomic E-state index is 12.3. The van der Waals surface area contributed by atoms with Gasteiger partial charge in [-0.1, -0.05) is 30.3 Å². The highest BCUT2D eigenvalue weighted by Gasteiger charge is 2.26. The fourth-order valence-electron chi connectivity index (χ4n) is 3.45. The number of amides is 1. The van der Waals surface area contributed by atoms with Crippen LogP contribution >= 0.6 is 0 Å². The van der Waals surface area contributed by atoms with Crippen molar-refractivity contribution in [3.8, 4) is 0 Å². The van der Waals surface area contributed by atoms with Crippen LogP contribution in [0.4, 0.5) is 0 Å². The van der Waals surface area contributed by atoms with Crippen LogP contribution in [0.5, 0.6) is 0 Å². The fraction of sp³-hybridized carbons (Fsp3) is 0.611. The van der Waals surface area contributed by atoms with Crippen molar-refractivity contribution in [1.29, 1.82) is 0 Å². The second-order valence-corrected chi connectivity index (χ2v) is 6.45. The SMILES string of the molecule is O=C(CC1CCOC1)N1CCC(Cc2ccccc2)CC1. The molecule has 0 saturated carbocycles. The molecule has 114 valence electrons. The molecule has 2 fully saturated rings. The normalized spacial score (nSPS) is 23.4. The van der Waals surface area contributed by atoms with Crippen molar-refractivity contribution in [2.45, 2.75) is 32.1 Å². The van der Waals surface area contributed by atoms with Gasteiger partial charge in [0.05, 0.1) is 0 Å². The molecule has 1 unspecified atom stereocenters. The average molecular weight is 287 g/mol. The molecule has 1 aromatic rings. The van der Waals surface area contributed by atoms with E-state index in [2.05, 4.69) is 35.2 Å². The monoisotopic (exact) mass is 287 g/mol. The van der Waals surface area contributed by atoms with E-state index in [0.717, 1.165) is 57.9 Å². The number of likely N-dealkylation sites (tertiary alicyclic amines) is 1. The van der Waals surface area contributed by atoms with Crippen molar-refractivity contribution in [3.63, 3.8) is 0 Å². The maximum absolute atomic E-state index is 12.3. The van der Waals surface area contributed by atoms with Gasteiger partial charge in [-0.2, -0.15) is 0 Å². The van der Waals surface area contributed by atoms with E-state index in [9.17, 15) is 4.79 Å². The van der Waals surface area contributed by atoms with Crippen LogP contribution in [0.25, 0.3) is 0 Å². The molecule has 2 heterocycles. The molecular weight excluding hydrogens is 262 g/mol. The van der Waals surface area contributed by atoms with Gasteiger partial charge < -0.3 is 9.64 Å². The highest BCUT2D eigenvalue weighted by Crippen LogP contribution is 2.24. The Balaban J connectivity index is 1.43. The predicted octanol–water partition coefficient (Wildman–Crippen LogP) is 2.89. The highest BCUT2D eigenvalue weighted by molar-refractivity contribution is 5.76. The molecule has 3 nitrogen and oxygen atoms in total. The van der Waals surface area contributed by atoms with Crippen molar-refractivity contribution in [3.05, 3.63) is 35.9 Å². The van der Waals surface area contributed by atoms with E-state index in [1.165, 1.54) is 5.56 Å². The van der Waals surface area contributed by atoms with Crippen LogP contribution in [0.1, 0.15) is 31.2 Å². The minimum atomic E-state index is 0.337. The second-order valence-electron chi connectivity index (χ2n) is 6.45. The standard InChI is InChI=1S/C18H25NO2/c20-18(13-17-8-11-21-14-17)19-9-6-16(7-10-19)12-15-4-2-1-3-5-15/h1-5,16-17H,6-14H2. The number of benzene rings is 1. The van der Waals surface area contributed by atoms with Gasteiger partial charge in [-0.05, 0) is 43.1 Å². The molecule has 0 N–H and O–H groups in total. The summed E-state index contributed by atoms with van der Waals surface area (Å²) in [4.78, 5) is 14.4. The van der Waals surface area contributed by atoms with Crippen LogP contribution in [0.2, 0.25) is 0 Å². The van der Waals surface area contributed by atoms with Gasteiger partial charge in [0.25, 0.3) is 0 Å². The molecule has 1 atom stereocenters. The third-order valence-corrected chi connectivity index (χ3v) is 4.82. The number of hydrogen-bond acceptors (Lipinski definition) is 2. The summed E-state index contributed by atoms with van der Waals surface area (Å²) in [6.07, 6.45) is 5.17. The predicted molar refractivity (Wildman–Crippen MR) is 83.0 cm³/mol. The van der Waals surface area contributed by atoms with E-state index < -0.39 is 0 Å². The number of carbonyl (C=O) groups excluding carboxylic acids is 1. The van der Waals surface area contributed by atoms with Crippen molar-refractivity contribution in [1.82, 2.24) is 4.90 Å². The van der Waals surface area contributed by atoms with Crippen molar-refractivity contribution in [2.24, 2.45) is 11.8 Å². The number of carbonyl (C=O) groups is 1. The lowest BCUT2D eigenvalue weighted by Gasteiger charge is -2.32. The van der Waals surface area contributed by atoms with Crippen molar-refractivity contribution < 1.29 is 9.53 Å². The third-order valence-electron chi connectivity index (χ3n) is 4.82. The summed E-state index contributed by atoms with van der Waals surface area (Å²) in [5.74, 6) is 1.52. The molecule has 0 aromatic heterocycles. The fourth-order valence-corrected chi connectivity index (χ4v) is 3.45. The van der Waals surface area contributed by atoms with E-state index in [0.29, 0.717) is 18.2 Å². The van der Waals surface area contributed by atoms with Crippen LogP contribution in [-0.2, 0) is 16.0 Å². The Hall–Kier alpha value is -1.35. The molecule has 21 heavy (non-hydrogen) atoms. The molecule has 2 aliphatic heterocycles. The average Bonchev–Trinajstić information content (AvgIpc) is 3.02. The van der Waals surface area contributed by atoms with Crippen LogP contribution in [-0.4, -0.2) is 37.1 Å². The van der Waals surface area contributed by atoms with Crippen LogP contribution in [0.3, 0.4) is 0 Å². The van der Waals surface area contributed by atoms with Crippen molar-refractivity contribution >= 4 is 5.91 Å². The zero-order valence-electron chi connectivity index (χ0n) is 12.7. The topological polar surface area (TPSA) is 29.5 Å². The molecule has 1 amide bonds. The minimum absolute atomic E-state index is 0.337. The highest BCUT2D eigenvalue weighted by atomic mass is 16.5. The Morgan fingerprint density at radius 2 is 1.86 bits per heavy atom. The summed E-state index contributed by atoms with van der Waals surface area (Å²) >= 11 is 0. The van der Waals surface area contributed by atoms with Gasteiger partial charge in [0, 0.05) is 32.7 Å². The minimum Gasteiger partial charge on any atom is -0.381 e. The quantitative estimate of drug-likeness (QED) is 0.852. The summed E-state index contributed by atoms with van der Waals surface area (Å²) in [6.45, 7) is 3.47. The van der Waals surface area contributed by atoms with Gasteiger partial charge in [-0.15, -0.1) is 0 Å². The first-order chi connectivity index (χ1) is 10.3. The van der Waals surface area contributed by atoms with E-state index in [4.69, 9.17) is 4.74 Å². The first kappa shape index (κ1) is 14.6. The Bertz CT molecular complexity index is 446. The largest absolute Gasteiger partial charge is 0.381 e. The Kier molecular flexibility index (Phi) is 4.91. The number of piperidine rings is 1. The summed E-state index contributed by atoms with van der Waals surface area (Å²) < 4.78 is 5.36. The number of nitrogens with zero attached hydrogens (tertiary/aromatic N) is 1. The van der Waals surface area contributed by atoms with Crippen LogP contribution in [0.15, 0.2) is 30.3 Å². The lowest BCUT2D eigenvalue weighted by atomic mass is 9.90. The lowest BCUT2D eigenvalue weighted by Crippen LogP contribution is -2.39. The van der Waals surface area contributed by atoms with Crippen LogP contribution < -0.4 is 0 Å². The van der Waals surface area contributed by atoms with E-state index in [-0.39, 0.29) is 0 Å². The summed E-state index contributed by atoms with van der Waals surface area (Å²) in [5.41, 5.74) is 1.42. The van der Waals surface area contributed by atoms with Crippen molar-refractivity contribution in [2.75, 3.05) is 26.3 Å². The summed E-state index contributed by atoms with van der Waals surface area (Å²) in [7, 11) is 0. The first-order valence-corrected chi connectivity index (χ1v) is 8.20. The maximum Gasteiger partial charge on any atom is 0.222 e. The second kappa shape index (κ2) is 7.08. The molecule has 3 heteroatoms. The molecule has 0 radical (unpaired) electrons. The first-order valence-electron chi connectivity index (χ1n) is 8.20. The number of rotatable bonds is 4. The third kappa shape index (κ3) is 4.07. The molecule has 1 aromatic carbocycles. The number of ether oxygens (including phenoxy) is 1. The Labute approximate surface area is 127 Å². The summed E-state index contributed by atoms with van der Waals surface area (Å²) in [6, 6.07) is 10.7. The van der Waals surface area contributed by atoms with E-state index in [1.807, 2.05) is 0 Å². The molecule has 0 aliphatic carbocycles.